The van der Waals surface area contributed by atoms with Crippen LogP contribution in [0, 0.1) is 3.57 Å². The number of urea groups is 1. The molecule has 4 N–H and O–H groups in total. The van der Waals surface area contributed by atoms with Crippen LogP contribution in [0.3, 0.4) is 0 Å². The van der Waals surface area contributed by atoms with E-state index in [2.05, 4.69) is 33.2 Å². The van der Waals surface area contributed by atoms with Crippen molar-refractivity contribution in [3.8, 4) is 5.75 Å². The number of hydrogen-bond donors (Lipinski definition) is 4. The zero-order chi connectivity index (χ0) is 27.2. The zero-order valence-corrected chi connectivity index (χ0v) is 22.9. The molecule has 0 saturated carbocycles. The molecule has 3 aromatic rings. The Balaban J connectivity index is 1.56. The van der Waals surface area contributed by atoms with Gasteiger partial charge in [-0.05, 0) is 64.0 Å². The summed E-state index contributed by atoms with van der Waals surface area (Å²) >= 11 is 8.41. The van der Waals surface area contributed by atoms with E-state index in [9.17, 15) is 19.5 Å². The molecule has 1 fully saturated rings. The van der Waals surface area contributed by atoms with Crippen molar-refractivity contribution in [3.05, 3.63) is 92.5 Å². The molecule has 11 heteroatoms. The summed E-state index contributed by atoms with van der Waals surface area (Å²) in [6.45, 7) is -0.520. The maximum atomic E-state index is 13.5. The first-order valence-corrected chi connectivity index (χ1v) is 13.2. The quantitative estimate of drug-likeness (QED) is 0.197. The molecule has 3 aromatic carbocycles. The van der Waals surface area contributed by atoms with Crippen LogP contribution < -0.4 is 15.4 Å². The highest BCUT2D eigenvalue weighted by molar-refractivity contribution is 14.1. The molecule has 1 aliphatic rings. The van der Waals surface area contributed by atoms with Gasteiger partial charge in [0.05, 0.1) is 17.3 Å². The minimum absolute atomic E-state index is 0.0937. The van der Waals surface area contributed by atoms with Crippen LogP contribution in [0.4, 0.5) is 10.5 Å². The number of carbonyl (C=O) groups is 3. The third kappa shape index (κ3) is 6.62. The van der Waals surface area contributed by atoms with Crippen LogP contribution in [0.15, 0.2) is 72.8 Å². The van der Waals surface area contributed by atoms with Crippen LogP contribution in [0.25, 0.3) is 0 Å². The summed E-state index contributed by atoms with van der Waals surface area (Å²) in [5.41, 5.74) is 1.65. The molecular formula is C27H25ClIN3O6. The Hall–Kier alpha value is -3.19. The number of amides is 4. The number of carbonyl (C=O) groups excluding carboxylic acids is 3. The van der Waals surface area contributed by atoms with Gasteiger partial charge in [0.1, 0.15) is 30.5 Å². The fraction of sp³-hybridized carbons (Fsp3) is 0.222. The summed E-state index contributed by atoms with van der Waals surface area (Å²) < 4.78 is 6.29. The standard InChI is InChI=1S/C27H25ClIN3O6/c28-21-13-18(29)8-11-22(21)30-25(35)23(12-16-4-2-1-3-5-16)32-26(36)24(31-27(32)37)17-6-9-20(10-7-17)38-15-19(34)14-33/h1-11,13,19,23-24,33-34H,12,14-15H2,(H,30,35)(H,31,37)/t19-,23-,24+/m0/s1. The lowest BCUT2D eigenvalue weighted by Crippen LogP contribution is -2.49. The van der Waals surface area contributed by atoms with Crippen LogP contribution in [0.1, 0.15) is 17.2 Å². The van der Waals surface area contributed by atoms with Gasteiger partial charge in [0.2, 0.25) is 5.91 Å². The first-order chi connectivity index (χ1) is 18.3. The summed E-state index contributed by atoms with van der Waals surface area (Å²) in [6.07, 6.45) is -0.901. The minimum atomic E-state index is -1.13. The number of rotatable bonds is 10. The Morgan fingerprint density at radius 3 is 2.47 bits per heavy atom. The highest BCUT2D eigenvalue weighted by atomic mass is 127. The second kappa shape index (κ2) is 12.6. The molecule has 4 amide bonds. The van der Waals surface area contributed by atoms with Gasteiger partial charge < -0.3 is 25.6 Å². The van der Waals surface area contributed by atoms with E-state index in [1.165, 1.54) is 0 Å². The van der Waals surface area contributed by atoms with Gasteiger partial charge in [-0.2, -0.15) is 0 Å². The normalized spacial score (nSPS) is 16.6. The zero-order valence-electron chi connectivity index (χ0n) is 20.0. The molecule has 3 atom stereocenters. The van der Waals surface area contributed by atoms with Gasteiger partial charge in [-0.15, -0.1) is 0 Å². The second-order valence-electron chi connectivity index (χ2n) is 8.63. The number of halogens is 2. The van der Waals surface area contributed by atoms with E-state index >= 15 is 0 Å². The first kappa shape index (κ1) is 27.8. The molecular weight excluding hydrogens is 625 g/mol. The van der Waals surface area contributed by atoms with Crippen molar-refractivity contribution >= 4 is 57.7 Å². The van der Waals surface area contributed by atoms with E-state index in [1.54, 1.807) is 42.5 Å². The largest absolute Gasteiger partial charge is 0.491 e. The van der Waals surface area contributed by atoms with E-state index in [-0.39, 0.29) is 13.0 Å². The average molecular weight is 650 g/mol. The summed E-state index contributed by atoms with van der Waals surface area (Å²) in [4.78, 5) is 41.0. The molecule has 0 radical (unpaired) electrons. The summed E-state index contributed by atoms with van der Waals surface area (Å²) in [7, 11) is 0. The van der Waals surface area contributed by atoms with E-state index < -0.39 is 42.6 Å². The highest BCUT2D eigenvalue weighted by Gasteiger charge is 2.45. The maximum absolute atomic E-state index is 13.5. The molecule has 4 rings (SSSR count). The lowest BCUT2D eigenvalue weighted by Gasteiger charge is -2.25. The number of aliphatic hydroxyl groups is 2. The van der Waals surface area contributed by atoms with Gasteiger partial charge >= 0.3 is 6.03 Å². The SMILES string of the molecule is O=C(Nc1ccc(I)cc1Cl)[C@H](Cc1ccccc1)N1C(=O)N[C@H](c2ccc(OC[C@@H](O)CO)cc2)C1=O. The number of benzene rings is 3. The monoisotopic (exact) mass is 649 g/mol. The van der Waals surface area contributed by atoms with E-state index in [1.807, 2.05) is 30.3 Å². The lowest BCUT2D eigenvalue weighted by atomic mass is 10.0. The molecule has 0 aromatic heterocycles. The molecule has 1 aliphatic heterocycles. The predicted molar refractivity (Wildman–Crippen MR) is 150 cm³/mol. The second-order valence-corrected chi connectivity index (χ2v) is 10.3. The number of nitrogens with one attached hydrogen (secondary N) is 2. The number of anilines is 1. The van der Waals surface area contributed by atoms with Crippen LogP contribution in [0.2, 0.25) is 5.02 Å². The minimum Gasteiger partial charge on any atom is -0.491 e. The van der Waals surface area contributed by atoms with Crippen LogP contribution in [0.5, 0.6) is 5.75 Å². The number of aliphatic hydroxyl groups excluding tert-OH is 2. The Morgan fingerprint density at radius 2 is 1.82 bits per heavy atom. The molecule has 9 nitrogen and oxygen atoms in total. The molecule has 38 heavy (non-hydrogen) atoms. The topological polar surface area (TPSA) is 128 Å². The number of nitrogens with zero attached hydrogens (tertiary/aromatic N) is 1. The molecule has 1 saturated heterocycles. The van der Waals surface area contributed by atoms with Crippen molar-refractivity contribution < 1.29 is 29.3 Å². The Bertz CT molecular complexity index is 1310. The number of imide groups is 1. The van der Waals surface area contributed by atoms with Gasteiger partial charge in [0.25, 0.3) is 5.91 Å². The van der Waals surface area contributed by atoms with Gasteiger partial charge in [0.15, 0.2) is 0 Å². The third-order valence-corrected chi connectivity index (χ3v) is 6.90. The molecule has 0 spiro atoms. The van der Waals surface area contributed by atoms with Crippen LogP contribution >= 0.6 is 34.2 Å². The Labute approximate surface area is 237 Å². The fourth-order valence-corrected chi connectivity index (χ4v) is 4.87. The third-order valence-electron chi connectivity index (χ3n) is 5.91. The van der Waals surface area contributed by atoms with E-state index in [0.717, 1.165) is 14.0 Å². The number of hydrogen-bond acceptors (Lipinski definition) is 6. The average Bonchev–Trinajstić information content (AvgIpc) is 3.21. The molecule has 0 unspecified atom stereocenters. The van der Waals surface area contributed by atoms with Gasteiger partial charge in [-0.3, -0.25) is 9.59 Å². The Kier molecular flexibility index (Phi) is 9.21. The summed E-state index contributed by atoms with van der Waals surface area (Å²) in [5.74, 6) is -0.693. The molecule has 198 valence electrons. The van der Waals surface area contributed by atoms with Crippen LogP contribution in [-0.4, -0.2) is 58.3 Å². The molecule has 0 aliphatic carbocycles. The maximum Gasteiger partial charge on any atom is 0.325 e. The van der Waals surface area contributed by atoms with E-state index in [0.29, 0.717) is 22.0 Å². The summed E-state index contributed by atoms with van der Waals surface area (Å²) in [5, 5.41) is 24.1. The van der Waals surface area contributed by atoms with Crippen molar-refractivity contribution in [1.29, 1.82) is 0 Å². The van der Waals surface area contributed by atoms with Crippen molar-refractivity contribution in [2.45, 2.75) is 24.6 Å². The highest BCUT2D eigenvalue weighted by Crippen LogP contribution is 2.29. The smallest absolute Gasteiger partial charge is 0.325 e. The Morgan fingerprint density at radius 1 is 1.11 bits per heavy atom. The van der Waals surface area contributed by atoms with Crippen molar-refractivity contribution in [2.75, 3.05) is 18.5 Å². The van der Waals surface area contributed by atoms with Crippen molar-refractivity contribution in [2.24, 2.45) is 0 Å². The first-order valence-electron chi connectivity index (χ1n) is 11.7. The lowest BCUT2D eigenvalue weighted by molar-refractivity contribution is -0.134. The number of ether oxygens (including phenoxy) is 1. The van der Waals surface area contributed by atoms with Gasteiger partial charge in [-0.1, -0.05) is 54.1 Å². The van der Waals surface area contributed by atoms with Crippen LogP contribution in [-0.2, 0) is 16.0 Å². The predicted octanol–water partition coefficient (Wildman–Crippen LogP) is 3.52. The van der Waals surface area contributed by atoms with Crippen molar-refractivity contribution in [3.63, 3.8) is 0 Å². The molecule has 1 heterocycles. The fourth-order valence-electron chi connectivity index (χ4n) is 3.96. The van der Waals surface area contributed by atoms with E-state index in [4.69, 9.17) is 21.4 Å². The van der Waals surface area contributed by atoms with Gasteiger partial charge in [0, 0.05) is 9.99 Å². The van der Waals surface area contributed by atoms with Crippen molar-refractivity contribution in [1.82, 2.24) is 10.2 Å². The summed E-state index contributed by atoms with van der Waals surface area (Å²) in [6, 6.07) is 17.9. The van der Waals surface area contributed by atoms with Gasteiger partial charge in [-0.25, -0.2) is 9.69 Å². The molecule has 0 bridgehead atoms.